The number of aromatic nitrogens is 6. The predicted octanol–water partition coefficient (Wildman–Crippen LogP) is 4.58. The van der Waals surface area contributed by atoms with Crippen LogP contribution in [-0.4, -0.2) is 35.3 Å². The molecule has 0 aliphatic carbocycles. The van der Waals surface area contributed by atoms with Gasteiger partial charge in [-0.25, -0.2) is 36.1 Å². The minimum atomic E-state index is -2.64. The third-order valence-corrected chi connectivity index (χ3v) is 6.10. The molecular weight excluding hydrogens is 561 g/mol. The Hall–Kier alpha value is -4.59. The Morgan fingerprint density at radius 3 is 2.42 bits per heavy atom. The molecule has 0 amide bonds. The number of hydrogen-bond acceptors (Lipinski definition) is 6. The van der Waals surface area contributed by atoms with Gasteiger partial charge in [0.25, 0.3) is 6.43 Å². The number of aryl methyl sites for hydroxylation is 1. The van der Waals surface area contributed by atoms with Crippen LogP contribution in [0.2, 0.25) is 5.02 Å². The number of hydrogen-bond donors (Lipinski definition) is 1. The smallest absolute Gasteiger partial charge is 0.324 e. The first-order chi connectivity index (χ1) is 19.0. The van der Waals surface area contributed by atoms with Crippen molar-refractivity contribution in [3.63, 3.8) is 0 Å². The lowest BCUT2D eigenvalue weighted by Crippen LogP contribution is -2.41. The molecule has 5 rings (SSSR count). The second kappa shape index (κ2) is 10.5. The summed E-state index contributed by atoms with van der Waals surface area (Å²) in [6.45, 7) is 0.510. The average Bonchev–Trinajstić information content (AvgIpc) is 3.25. The lowest BCUT2D eigenvalue weighted by atomic mass is 10.2. The molecular formula is C25H17ClF5N7O2. The van der Waals surface area contributed by atoms with Crippen molar-refractivity contribution >= 4 is 34.1 Å². The fourth-order valence-corrected chi connectivity index (χ4v) is 4.25. The van der Waals surface area contributed by atoms with Gasteiger partial charge in [-0.3, -0.25) is 14.2 Å². The highest BCUT2D eigenvalue weighted by Gasteiger charge is 2.19. The maximum atomic E-state index is 14.0. The Bertz CT molecular complexity index is 1860. The predicted molar refractivity (Wildman–Crippen MR) is 136 cm³/mol. The molecule has 40 heavy (non-hydrogen) atoms. The Morgan fingerprint density at radius 2 is 1.75 bits per heavy atom. The minimum absolute atomic E-state index is 0.0431. The minimum Gasteiger partial charge on any atom is -0.324 e. The summed E-state index contributed by atoms with van der Waals surface area (Å²) in [6, 6.07) is 5.74. The Balaban J connectivity index is 1.65. The molecule has 0 unspecified atom stereocenters. The van der Waals surface area contributed by atoms with Gasteiger partial charge in [0.1, 0.15) is 6.54 Å². The summed E-state index contributed by atoms with van der Waals surface area (Å²) >= 11 is 6.36. The van der Waals surface area contributed by atoms with Crippen LogP contribution in [0.25, 0.3) is 16.6 Å². The fourth-order valence-electron chi connectivity index (χ4n) is 4.04. The van der Waals surface area contributed by atoms with Gasteiger partial charge in [0.2, 0.25) is 5.95 Å². The molecule has 5 aromatic rings. The van der Waals surface area contributed by atoms with Crippen LogP contribution in [0.5, 0.6) is 0 Å². The summed E-state index contributed by atoms with van der Waals surface area (Å²) in [5.41, 5.74) is -0.960. The van der Waals surface area contributed by atoms with E-state index >= 15 is 0 Å². The second-order valence-corrected chi connectivity index (χ2v) is 9.18. The lowest BCUT2D eigenvalue weighted by Gasteiger charge is -2.16. The molecule has 0 bridgehead atoms. The van der Waals surface area contributed by atoms with Crippen molar-refractivity contribution in [1.29, 1.82) is 0 Å². The molecule has 15 heteroatoms. The molecule has 1 N–H and O–H groups in total. The molecule has 0 spiro atoms. The highest BCUT2D eigenvalue weighted by molar-refractivity contribution is 6.34. The number of nitrogens with one attached hydrogen (secondary N) is 1. The SMILES string of the molecule is Cc1cncc(-n2c(=O)nc(Nc3cc4cn(CC(F)F)nc4cc3Cl)n(Cc3cc(F)c(F)c(F)c3)c2=O)c1. The number of fused-ring (bicyclic) bond motifs is 1. The molecule has 0 fully saturated rings. The van der Waals surface area contributed by atoms with Crippen molar-refractivity contribution in [2.75, 3.05) is 5.32 Å². The standard InChI is InChI=1S/C25H17ClF5N7O2/c1-12-2-15(8-32-7-12)38-24(39)34-23(37(25(38)40)9-13-3-17(27)22(31)18(28)4-13)33-20-5-14-10-36(11-21(29)30)35-19(14)6-16(20)26/h2-8,10,21H,9,11H2,1H3,(H,33,34,39). The molecule has 9 nitrogen and oxygen atoms in total. The first kappa shape index (κ1) is 27.0. The molecule has 0 saturated heterocycles. The second-order valence-electron chi connectivity index (χ2n) is 8.77. The number of benzene rings is 2. The third kappa shape index (κ3) is 5.30. The van der Waals surface area contributed by atoms with Gasteiger partial charge in [-0.2, -0.15) is 10.1 Å². The van der Waals surface area contributed by atoms with Crippen LogP contribution >= 0.6 is 11.6 Å². The molecule has 0 radical (unpaired) electrons. The molecule has 0 atom stereocenters. The number of alkyl halides is 2. The number of anilines is 2. The van der Waals surface area contributed by atoms with E-state index in [1.807, 2.05) is 0 Å². The quantitative estimate of drug-likeness (QED) is 0.225. The van der Waals surface area contributed by atoms with Crippen molar-refractivity contribution < 1.29 is 22.0 Å². The van der Waals surface area contributed by atoms with E-state index in [1.54, 1.807) is 6.92 Å². The highest BCUT2D eigenvalue weighted by Crippen LogP contribution is 2.30. The van der Waals surface area contributed by atoms with E-state index in [9.17, 15) is 31.5 Å². The van der Waals surface area contributed by atoms with Crippen LogP contribution in [-0.2, 0) is 13.1 Å². The van der Waals surface area contributed by atoms with Gasteiger partial charge in [0, 0.05) is 17.8 Å². The molecule has 206 valence electrons. The van der Waals surface area contributed by atoms with Crippen LogP contribution in [0.1, 0.15) is 11.1 Å². The topological polar surface area (TPSA) is 99.6 Å². The number of pyridine rings is 1. The zero-order chi connectivity index (χ0) is 28.7. The first-order valence-electron chi connectivity index (χ1n) is 11.5. The van der Waals surface area contributed by atoms with E-state index in [0.29, 0.717) is 33.2 Å². The van der Waals surface area contributed by atoms with Crippen molar-refractivity contribution in [1.82, 2.24) is 28.9 Å². The van der Waals surface area contributed by atoms with Crippen LogP contribution in [0.15, 0.2) is 58.5 Å². The molecule has 0 aliphatic rings. The lowest BCUT2D eigenvalue weighted by molar-refractivity contribution is 0.122. The monoisotopic (exact) mass is 577 g/mol. The molecule has 2 aromatic carbocycles. The normalized spacial score (nSPS) is 11.5. The first-order valence-corrected chi connectivity index (χ1v) is 11.9. The molecule has 3 aromatic heterocycles. The Labute approximate surface area is 226 Å². The van der Waals surface area contributed by atoms with Gasteiger partial charge in [0.05, 0.1) is 34.7 Å². The maximum absolute atomic E-state index is 14.0. The number of halogens is 6. The van der Waals surface area contributed by atoms with E-state index in [1.165, 1.54) is 36.8 Å². The van der Waals surface area contributed by atoms with E-state index in [4.69, 9.17) is 11.6 Å². The van der Waals surface area contributed by atoms with Gasteiger partial charge in [-0.15, -0.1) is 0 Å². The van der Waals surface area contributed by atoms with Gasteiger partial charge in [-0.05, 0) is 48.4 Å². The fraction of sp³-hybridized carbons (Fsp3) is 0.160. The molecule has 3 heterocycles. The zero-order valence-electron chi connectivity index (χ0n) is 20.4. The average molecular weight is 578 g/mol. The van der Waals surface area contributed by atoms with E-state index < -0.39 is 48.3 Å². The van der Waals surface area contributed by atoms with Gasteiger partial charge < -0.3 is 5.32 Å². The van der Waals surface area contributed by atoms with Crippen molar-refractivity contribution in [2.24, 2.45) is 0 Å². The van der Waals surface area contributed by atoms with Crippen LogP contribution in [0.4, 0.5) is 33.6 Å². The van der Waals surface area contributed by atoms with Gasteiger partial charge in [-0.1, -0.05) is 11.6 Å². The maximum Gasteiger partial charge on any atom is 0.359 e. The highest BCUT2D eigenvalue weighted by atomic mass is 35.5. The summed E-state index contributed by atoms with van der Waals surface area (Å²) < 4.78 is 69.7. The Kier molecular flexibility index (Phi) is 7.10. The summed E-state index contributed by atoms with van der Waals surface area (Å²) in [7, 11) is 0. The van der Waals surface area contributed by atoms with Crippen molar-refractivity contribution in [2.45, 2.75) is 26.4 Å². The summed E-state index contributed by atoms with van der Waals surface area (Å²) in [4.78, 5) is 34.5. The number of rotatable bonds is 7. The van der Waals surface area contributed by atoms with Crippen LogP contribution in [0.3, 0.4) is 0 Å². The third-order valence-electron chi connectivity index (χ3n) is 5.79. The van der Waals surface area contributed by atoms with E-state index in [0.717, 1.165) is 9.25 Å². The number of nitrogens with zero attached hydrogens (tertiary/aromatic N) is 6. The largest absolute Gasteiger partial charge is 0.359 e. The summed E-state index contributed by atoms with van der Waals surface area (Å²) in [6.07, 6.45) is 1.48. The Morgan fingerprint density at radius 1 is 1.02 bits per heavy atom. The van der Waals surface area contributed by atoms with E-state index in [2.05, 4.69) is 20.4 Å². The zero-order valence-corrected chi connectivity index (χ0v) is 21.1. The molecule has 0 aliphatic heterocycles. The van der Waals surface area contributed by atoms with Crippen molar-refractivity contribution in [3.8, 4) is 5.69 Å². The van der Waals surface area contributed by atoms with Gasteiger partial charge >= 0.3 is 11.4 Å². The summed E-state index contributed by atoms with van der Waals surface area (Å²) in [5, 5.41) is 7.24. The molecule has 0 saturated carbocycles. The van der Waals surface area contributed by atoms with Crippen LogP contribution in [0, 0.1) is 24.4 Å². The van der Waals surface area contributed by atoms with E-state index in [-0.39, 0.29) is 27.9 Å². The van der Waals surface area contributed by atoms with Crippen molar-refractivity contribution in [3.05, 3.63) is 103 Å². The summed E-state index contributed by atoms with van der Waals surface area (Å²) in [5.74, 6) is -5.00. The van der Waals surface area contributed by atoms with Gasteiger partial charge in [0.15, 0.2) is 17.5 Å². The van der Waals surface area contributed by atoms with Crippen LogP contribution < -0.4 is 16.7 Å².